The van der Waals surface area contributed by atoms with Crippen molar-refractivity contribution < 1.29 is 13.2 Å². The number of rotatable bonds is 4. The van der Waals surface area contributed by atoms with Crippen LogP contribution >= 0.6 is 0 Å². The van der Waals surface area contributed by atoms with Crippen molar-refractivity contribution in [2.75, 3.05) is 13.1 Å². The molecule has 0 radical (unpaired) electrons. The Hall–Kier alpha value is -1.11. The number of hydrogen-bond acceptors (Lipinski definition) is 4. The van der Waals surface area contributed by atoms with E-state index in [0.29, 0.717) is 23.7 Å². The number of benzene rings is 1. The van der Waals surface area contributed by atoms with Crippen LogP contribution in [0.4, 0.5) is 0 Å². The summed E-state index contributed by atoms with van der Waals surface area (Å²) in [5.74, 6) is 0.686. The zero-order valence-electron chi connectivity index (χ0n) is 13.0. The van der Waals surface area contributed by atoms with Crippen LogP contribution < -0.4 is 10.1 Å². The average Bonchev–Trinajstić information content (AvgIpc) is 2.41. The van der Waals surface area contributed by atoms with E-state index < -0.39 is 10.0 Å². The van der Waals surface area contributed by atoms with Crippen molar-refractivity contribution in [3.05, 3.63) is 24.3 Å². The standard InChI is InChI=1S/C15H24N2O3S/c1-11(2)20-14-5-7-15(8-6-14)21(18,19)17-10-9-16-12(3)13(17)4/h5-8,11-13,16H,9-10H2,1-4H3. The number of nitrogens with zero attached hydrogens (tertiary/aromatic N) is 1. The first kappa shape index (κ1) is 16.3. The van der Waals surface area contributed by atoms with Gasteiger partial charge in [-0.25, -0.2) is 8.42 Å². The Bertz CT molecular complexity index is 569. The Morgan fingerprint density at radius 3 is 2.43 bits per heavy atom. The van der Waals surface area contributed by atoms with E-state index in [9.17, 15) is 8.42 Å². The maximum atomic E-state index is 12.7. The summed E-state index contributed by atoms with van der Waals surface area (Å²) in [7, 11) is -3.45. The zero-order valence-corrected chi connectivity index (χ0v) is 13.9. The van der Waals surface area contributed by atoms with E-state index in [2.05, 4.69) is 5.32 Å². The first-order chi connectivity index (χ1) is 9.82. The lowest BCUT2D eigenvalue weighted by molar-refractivity contribution is 0.232. The second-order valence-corrected chi connectivity index (χ2v) is 7.63. The molecule has 21 heavy (non-hydrogen) atoms. The summed E-state index contributed by atoms with van der Waals surface area (Å²) in [5, 5.41) is 3.29. The van der Waals surface area contributed by atoms with Gasteiger partial charge < -0.3 is 10.1 Å². The van der Waals surface area contributed by atoms with Crippen LogP contribution in [0.15, 0.2) is 29.2 Å². The van der Waals surface area contributed by atoms with Crippen molar-refractivity contribution in [1.29, 1.82) is 0 Å². The normalized spacial score (nSPS) is 24.2. The molecule has 0 aliphatic carbocycles. The molecule has 2 unspecified atom stereocenters. The lowest BCUT2D eigenvalue weighted by Gasteiger charge is -2.37. The summed E-state index contributed by atoms with van der Waals surface area (Å²) < 4.78 is 32.6. The predicted octanol–water partition coefficient (Wildman–Crippen LogP) is 1.84. The van der Waals surface area contributed by atoms with Gasteiger partial charge in [0.25, 0.3) is 0 Å². The van der Waals surface area contributed by atoms with Gasteiger partial charge in [0.2, 0.25) is 10.0 Å². The number of piperazine rings is 1. The van der Waals surface area contributed by atoms with Crippen LogP contribution in [0, 0.1) is 0 Å². The molecule has 2 atom stereocenters. The van der Waals surface area contributed by atoms with Crippen molar-refractivity contribution in [3.63, 3.8) is 0 Å². The quantitative estimate of drug-likeness (QED) is 0.922. The highest BCUT2D eigenvalue weighted by atomic mass is 32.2. The van der Waals surface area contributed by atoms with E-state index in [1.54, 1.807) is 28.6 Å². The Morgan fingerprint density at radius 2 is 1.86 bits per heavy atom. The van der Waals surface area contributed by atoms with E-state index >= 15 is 0 Å². The molecule has 0 amide bonds. The van der Waals surface area contributed by atoms with Crippen molar-refractivity contribution in [3.8, 4) is 5.75 Å². The molecule has 0 aromatic heterocycles. The number of nitrogens with one attached hydrogen (secondary N) is 1. The van der Waals surface area contributed by atoms with Crippen molar-refractivity contribution >= 4 is 10.0 Å². The van der Waals surface area contributed by atoms with Crippen molar-refractivity contribution in [2.24, 2.45) is 0 Å². The first-order valence-corrected chi connectivity index (χ1v) is 8.78. The van der Waals surface area contributed by atoms with E-state index in [-0.39, 0.29) is 18.2 Å². The van der Waals surface area contributed by atoms with Gasteiger partial charge in [0.1, 0.15) is 5.75 Å². The largest absolute Gasteiger partial charge is 0.491 e. The first-order valence-electron chi connectivity index (χ1n) is 7.34. The van der Waals surface area contributed by atoms with Crippen LogP contribution in [0.5, 0.6) is 5.75 Å². The molecule has 6 heteroatoms. The lowest BCUT2D eigenvalue weighted by Crippen LogP contribution is -2.57. The second-order valence-electron chi connectivity index (χ2n) is 5.74. The molecule has 1 fully saturated rings. The number of sulfonamides is 1. The van der Waals surface area contributed by atoms with E-state index in [0.717, 1.165) is 0 Å². The molecule has 1 saturated heterocycles. The minimum Gasteiger partial charge on any atom is -0.491 e. The zero-order chi connectivity index (χ0) is 15.6. The molecule has 1 aromatic carbocycles. The number of ether oxygens (including phenoxy) is 1. The molecule has 0 spiro atoms. The number of hydrogen-bond donors (Lipinski definition) is 1. The van der Waals surface area contributed by atoms with Gasteiger partial charge in [-0.05, 0) is 52.0 Å². The van der Waals surface area contributed by atoms with Gasteiger partial charge in [0.05, 0.1) is 11.0 Å². The molecular formula is C15H24N2O3S. The van der Waals surface area contributed by atoms with Crippen LogP contribution in [-0.4, -0.2) is 44.0 Å². The molecule has 0 bridgehead atoms. The summed E-state index contributed by atoms with van der Waals surface area (Å²) in [6.07, 6.45) is 0.0708. The minimum atomic E-state index is -3.45. The van der Waals surface area contributed by atoms with Crippen LogP contribution in [0.25, 0.3) is 0 Å². The summed E-state index contributed by atoms with van der Waals surface area (Å²) in [4.78, 5) is 0.319. The fraction of sp³-hybridized carbons (Fsp3) is 0.600. The minimum absolute atomic E-state index is 0.0599. The van der Waals surface area contributed by atoms with Gasteiger partial charge in [-0.3, -0.25) is 0 Å². The monoisotopic (exact) mass is 312 g/mol. The topological polar surface area (TPSA) is 58.6 Å². The second kappa shape index (κ2) is 6.34. The van der Waals surface area contributed by atoms with Gasteiger partial charge >= 0.3 is 0 Å². The average molecular weight is 312 g/mol. The van der Waals surface area contributed by atoms with Gasteiger partial charge in [-0.15, -0.1) is 0 Å². The maximum absolute atomic E-state index is 12.7. The van der Waals surface area contributed by atoms with Crippen LogP contribution in [0.2, 0.25) is 0 Å². The third-order valence-electron chi connectivity index (χ3n) is 3.78. The fourth-order valence-electron chi connectivity index (χ4n) is 2.46. The Balaban J connectivity index is 2.23. The molecule has 0 saturated carbocycles. The molecular weight excluding hydrogens is 288 g/mol. The van der Waals surface area contributed by atoms with E-state index in [4.69, 9.17) is 4.74 Å². The smallest absolute Gasteiger partial charge is 0.243 e. The highest BCUT2D eigenvalue weighted by Gasteiger charge is 2.34. The van der Waals surface area contributed by atoms with Crippen LogP contribution in [0.1, 0.15) is 27.7 Å². The molecule has 2 rings (SSSR count). The summed E-state index contributed by atoms with van der Waals surface area (Å²) in [5.41, 5.74) is 0. The molecule has 1 aliphatic rings. The lowest BCUT2D eigenvalue weighted by atomic mass is 10.1. The predicted molar refractivity (Wildman–Crippen MR) is 83.0 cm³/mol. The van der Waals surface area contributed by atoms with E-state index in [1.165, 1.54) is 0 Å². The van der Waals surface area contributed by atoms with Gasteiger partial charge in [0.15, 0.2) is 0 Å². The Morgan fingerprint density at radius 1 is 1.24 bits per heavy atom. The molecule has 118 valence electrons. The third kappa shape index (κ3) is 3.56. The van der Waals surface area contributed by atoms with Gasteiger partial charge in [-0.2, -0.15) is 4.31 Å². The van der Waals surface area contributed by atoms with Crippen LogP contribution in [-0.2, 0) is 10.0 Å². The highest BCUT2D eigenvalue weighted by molar-refractivity contribution is 7.89. The van der Waals surface area contributed by atoms with Crippen molar-refractivity contribution in [2.45, 2.75) is 50.8 Å². The molecule has 1 N–H and O–H groups in total. The fourth-order valence-corrected chi connectivity index (χ4v) is 4.17. The molecule has 1 heterocycles. The van der Waals surface area contributed by atoms with E-state index in [1.807, 2.05) is 27.7 Å². The van der Waals surface area contributed by atoms with Gasteiger partial charge in [-0.1, -0.05) is 0 Å². The molecule has 1 aromatic rings. The Kier molecular flexibility index (Phi) is 4.91. The SMILES string of the molecule is CC(C)Oc1ccc(S(=O)(=O)N2CCNC(C)C2C)cc1. The summed E-state index contributed by atoms with van der Waals surface area (Å²) >= 11 is 0. The summed E-state index contributed by atoms with van der Waals surface area (Å²) in [6.45, 7) is 9.00. The summed E-state index contributed by atoms with van der Waals surface area (Å²) in [6, 6.07) is 6.75. The maximum Gasteiger partial charge on any atom is 0.243 e. The van der Waals surface area contributed by atoms with Crippen LogP contribution in [0.3, 0.4) is 0 Å². The van der Waals surface area contributed by atoms with Crippen molar-refractivity contribution in [1.82, 2.24) is 9.62 Å². The molecule has 5 nitrogen and oxygen atoms in total. The molecule has 1 aliphatic heterocycles. The highest BCUT2D eigenvalue weighted by Crippen LogP contribution is 2.23. The van der Waals surface area contributed by atoms with Gasteiger partial charge in [0, 0.05) is 25.2 Å². The Labute approximate surface area is 127 Å². The third-order valence-corrected chi connectivity index (χ3v) is 5.78.